The molecule has 0 fully saturated rings. The molecule has 0 saturated carbocycles. The first-order valence-corrected chi connectivity index (χ1v) is 7.28. The van der Waals surface area contributed by atoms with Gasteiger partial charge in [-0.1, -0.05) is 25.1 Å². The van der Waals surface area contributed by atoms with Crippen LogP contribution in [0.4, 0.5) is 0 Å². The van der Waals surface area contributed by atoms with E-state index in [4.69, 9.17) is 4.74 Å². The normalized spacial score (nSPS) is 17.4. The first kappa shape index (κ1) is 13.1. The van der Waals surface area contributed by atoms with Crippen molar-refractivity contribution in [1.29, 1.82) is 0 Å². The molecule has 1 aromatic heterocycles. The summed E-state index contributed by atoms with van der Waals surface area (Å²) in [6, 6.07) is 8.32. The van der Waals surface area contributed by atoms with Crippen LogP contribution in [0.15, 0.2) is 30.5 Å². The van der Waals surface area contributed by atoms with Gasteiger partial charge in [-0.05, 0) is 43.4 Å². The molecule has 3 rings (SSSR count). The van der Waals surface area contributed by atoms with Gasteiger partial charge >= 0.3 is 0 Å². The van der Waals surface area contributed by atoms with Crippen LogP contribution in [-0.2, 0) is 19.3 Å². The van der Waals surface area contributed by atoms with Crippen molar-refractivity contribution >= 4 is 0 Å². The minimum atomic E-state index is 0.504. The number of nitrogens with zero attached hydrogens (tertiary/aromatic N) is 2. The maximum absolute atomic E-state index is 5.87. The molecule has 2 aromatic rings. The second kappa shape index (κ2) is 5.61. The highest BCUT2D eigenvalue weighted by atomic mass is 16.5. The van der Waals surface area contributed by atoms with Crippen molar-refractivity contribution in [2.45, 2.75) is 33.1 Å². The van der Waals surface area contributed by atoms with Gasteiger partial charge in [-0.15, -0.1) is 0 Å². The van der Waals surface area contributed by atoms with E-state index in [9.17, 15) is 0 Å². The second-order valence-corrected chi connectivity index (χ2v) is 5.44. The van der Waals surface area contributed by atoms with E-state index in [1.165, 1.54) is 16.8 Å². The lowest BCUT2D eigenvalue weighted by Gasteiger charge is -2.25. The molecular weight excluding hydrogens is 248 g/mol. The predicted molar refractivity (Wildman–Crippen MR) is 79.0 cm³/mol. The minimum absolute atomic E-state index is 0.504. The Hall–Kier alpha value is -1.90. The molecule has 1 aromatic carbocycles. The number of aromatic nitrogens is 2. The van der Waals surface area contributed by atoms with Crippen molar-refractivity contribution in [3.63, 3.8) is 0 Å². The summed E-state index contributed by atoms with van der Waals surface area (Å²) in [5, 5.41) is 0. The maximum atomic E-state index is 5.87. The summed E-state index contributed by atoms with van der Waals surface area (Å²) in [6.07, 6.45) is 5.00. The zero-order chi connectivity index (χ0) is 13.9. The average molecular weight is 268 g/mol. The van der Waals surface area contributed by atoms with Gasteiger partial charge < -0.3 is 4.74 Å². The molecule has 0 radical (unpaired) electrons. The smallest absolute Gasteiger partial charge is 0.125 e. The summed E-state index contributed by atoms with van der Waals surface area (Å²) in [7, 11) is 0. The van der Waals surface area contributed by atoms with E-state index in [0.717, 1.165) is 37.4 Å². The highest BCUT2D eigenvalue weighted by molar-refractivity contribution is 5.35. The lowest BCUT2D eigenvalue weighted by atomic mass is 9.91. The van der Waals surface area contributed by atoms with Crippen molar-refractivity contribution in [2.24, 2.45) is 5.92 Å². The van der Waals surface area contributed by atoms with Gasteiger partial charge in [0.25, 0.3) is 0 Å². The van der Waals surface area contributed by atoms with Crippen LogP contribution in [0.2, 0.25) is 0 Å². The van der Waals surface area contributed by atoms with E-state index in [0.29, 0.717) is 5.92 Å². The molecule has 2 heterocycles. The molecule has 0 saturated heterocycles. The summed E-state index contributed by atoms with van der Waals surface area (Å²) in [4.78, 5) is 8.92. The molecule has 20 heavy (non-hydrogen) atoms. The van der Waals surface area contributed by atoms with Gasteiger partial charge in [0.1, 0.15) is 11.6 Å². The fourth-order valence-electron chi connectivity index (χ4n) is 2.81. The number of para-hydroxylation sites is 1. The summed E-state index contributed by atoms with van der Waals surface area (Å²) in [5.74, 6) is 2.40. The topological polar surface area (TPSA) is 35.0 Å². The Labute approximate surface area is 120 Å². The van der Waals surface area contributed by atoms with Gasteiger partial charge in [0.2, 0.25) is 0 Å². The number of fused-ring (bicyclic) bond motifs is 1. The number of ether oxygens (including phenoxy) is 1. The number of benzene rings is 1. The van der Waals surface area contributed by atoms with E-state index in [1.54, 1.807) is 0 Å². The van der Waals surface area contributed by atoms with Crippen molar-refractivity contribution < 1.29 is 4.74 Å². The fourth-order valence-corrected chi connectivity index (χ4v) is 2.81. The Bertz CT molecular complexity index is 610. The van der Waals surface area contributed by atoms with Crippen molar-refractivity contribution in [3.05, 3.63) is 53.1 Å². The van der Waals surface area contributed by atoms with E-state index in [1.807, 2.05) is 19.2 Å². The lowest BCUT2D eigenvalue weighted by Crippen LogP contribution is -2.23. The van der Waals surface area contributed by atoms with Crippen LogP contribution in [0.3, 0.4) is 0 Å². The average Bonchev–Trinajstić information content (AvgIpc) is 2.47. The molecule has 3 heteroatoms. The van der Waals surface area contributed by atoms with Crippen LogP contribution < -0.4 is 4.74 Å². The Morgan fingerprint density at radius 2 is 2.15 bits per heavy atom. The maximum Gasteiger partial charge on any atom is 0.125 e. The van der Waals surface area contributed by atoms with E-state index < -0.39 is 0 Å². The number of aryl methyl sites for hydroxylation is 2. The van der Waals surface area contributed by atoms with Gasteiger partial charge in [-0.25, -0.2) is 9.97 Å². The van der Waals surface area contributed by atoms with Crippen LogP contribution in [-0.4, -0.2) is 16.6 Å². The Morgan fingerprint density at radius 3 is 3.00 bits per heavy atom. The SMILES string of the molecule is CCc1cnc(C)nc1CC1COc2ccccc2C1. The zero-order valence-electron chi connectivity index (χ0n) is 12.1. The van der Waals surface area contributed by atoms with Gasteiger partial charge in [-0.3, -0.25) is 0 Å². The summed E-state index contributed by atoms with van der Waals surface area (Å²) in [6.45, 7) is 4.89. The Balaban J connectivity index is 1.78. The third kappa shape index (κ3) is 2.67. The molecule has 3 nitrogen and oxygen atoms in total. The van der Waals surface area contributed by atoms with Crippen LogP contribution in [0.1, 0.15) is 29.6 Å². The zero-order valence-corrected chi connectivity index (χ0v) is 12.1. The van der Waals surface area contributed by atoms with E-state index in [-0.39, 0.29) is 0 Å². The van der Waals surface area contributed by atoms with Gasteiger partial charge in [0, 0.05) is 17.8 Å². The first-order chi connectivity index (χ1) is 9.76. The van der Waals surface area contributed by atoms with Crippen molar-refractivity contribution in [1.82, 2.24) is 9.97 Å². The molecule has 0 bridgehead atoms. The monoisotopic (exact) mass is 268 g/mol. The third-order valence-corrected chi connectivity index (χ3v) is 3.89. The van der Waals surface area contributed by atoms with Gasteiger partial charge in [0.15, 0.2) is 0 Å². The molecule has 1 aliphatic heterocycles. The Morgan fingerprint density at radius 1 is 1.30 bits per heavy atom. The molecule has 1 unspecified atom stereocenters. The predicted octanol–water partition coefficient (Wildman–Crippen LogP) is 3.14. The molecule has 0 spiro atoms. The number of hydrogen-bond acceptors (Lipinski definition) is 3. The van der Waals surface area contributed by atoms with Gasteiger partial charge in [0.05, 0.1) is 6.61 Å². The summed E-state index contributed by atoms with van der Waals surface area (Å²) < 4.78 is 5.87. The molecule has 0 amide bonds. The lowest BCUT2D eigenvalue weighted by molar-refractivity contribution is 0.220. The Kier molecular flexibility index (Phi) is 3.68. The van der Waals surface area contributed by atoms with Crippen LogP contribution in [0.5, 0.6) is 5.75 Å². The van der Waals surface area contributed by atoms with E-state index >= 15 is 0 Å². The van der Waals surface area contributed by atoms with Crippen LogP contribution in [0, 0.1) is 12.8 Å². The molecule has 0 aliphatic carbocycles. The summed E-state index contributed by atoms with van der Waals surface area (Å²) in [5.41, 5.74) is 3.76. The largest absolute Gasteiger partial charge is 0.493 e. The minimum Gasteiger partial charge on any atom is -0.493 e. The molecule has 104 valence electrons. The van der Waals surface area contributed by atoms with Crippen LogP contribution in [0.25, 0.3) is 0 Å². The fraction of sp³-hybridized carbons (Fsp3) is 0.412. The molecule has 1 aliphatic rings. The molecule has 0 N–H and O–H groups in total. The van der Waals surface area contributed by atoms with Crippen LogP contribution >= 0.6 is 0 Å². The highest BCUT2D eigenvalue weighted by Crippen LogP contribution is 2.28. The van der Waals surface area contributed by atoms with Crippen molar-refractivity contribution in [3.8, 4) is 5.75 Å². The number of rotatable bonds is 3. The molecule has 1 atom stereocenters. The van der Waals surface area contributed by atoms with Gasteiger partial charge in [-0.2, -0.15) is 0 Å². The first-order valence-electron chi connectivity index (χ1n) is 7.28. The quantitative estimate of drug-likeness (QED) is 0.857. The summed E-state index contributed by atoms with van der Waals surface area (Å²) >= 11 is 0. The van der Waals surface area contributed by atoms with Crippen molar-refractivity contribution in [2.75, 3.05) is 6.61 Å². The molecular formula is C17H20N2O. The van der Waals surface area contributed by atoms with E-state index in [2.05, 4.69) is 35.1 Å². The third-order valence-electron chi connectivity index (χ3n) is 3.89. The number of hydrogen-bond donors (Lipinski definition) is 0. The standard InChI is InChI=1S/C17H20N2O/c1-3-14-10-18-12(2)19-16(14)9-13-8-15-6-4-5-7-17(15)20-11-13/h4-7,10,13H,3,8-9,11H2,1-2H3. The highest BCUT2D eigenvalue weighted by Gasteiger charge is 2.21. The second-order valence-electron chi connectivity index (χ2n) is 5.44.